The van der Waals surface area contributed by atoms with Crippen LogP contribution >= 0.6 is 11.3 Å². The maximum absolute atomic E-state index is 12.6. The average Bonchev–Trinajstić information content (AvgIpc) is 3.13. The molecule has 3 heterocycles. The van der Waals surface area contributed by atoms with Gasteiger partial charge in [0, 0.05) is 44.3 Å². The van der Waals surface area contributed by atoms with Gasteiger partial charge in [0.25, 0.3) is 5.91 Å². The predicted octanol–water partition coefficient (Wildman–Crippen LogP) is 1.25. The van der Waals surface area contributed by atoms with Crippen molar-refractivity contribution in [3.05, 3.63) is 33.8 Å². The molecule has 1 aliphatic heterocycles. The standard InChI is InChI=1S/C15H20N4O3S2/c1-11-8-14(23-12(11)2)15(20)18-4-6-19(7-5-18)24(21,22)13-9-16-17(3)10-13/h8-10H,4-7H2,1-3H3. The van der Waals surface area contributed by atoms with E-state index in [-0.39, 0.29) is 10.8 Å². The summed E-state index contributed by atoms with van der Waals surface area (Å²) in [7, 11) is -1.86. The van der Waals surface area contributed by atoms with Gasteiger partial charge >= 0.3 is 0 Å². The number of aromatic nitrogens is 2. The fourth-order valence-electron chi connectivity index (χ4n) is 2.65. The van der Waals surface area contributed by atoms with Gasteiger partial charge in [-0.25, -0.2) is 8.42 Å². The van der Waals surface area contributed by atoms with Gasteiger partial charge in [0.2, 0.25) is 10.0 Å². The first-order valence-corrected chi connectivity index (χ1v) is 9.90. The van der Waals surface area contributed by atoms with E-state index in [0.29, 0.717) is 31.1 Å². The van der Waals surface area contributed by atoms with Crippen LogP contribution in [0, 0.1) is 13.8 Å². The van der Waals surface area contributed by atoms with E-state index in [9.17, 15) is 13.2 Å². The van der Waals surface area contributed by atoms with Crippen molar-refractivity contribution in [3.8, 4) is 0 Å². The molecule has 0 saturated carbocycles. The minimum atomic E-state index is -3.54. The third kappa shape index (κ3) is 3.11. The summed E-state index contributed by atoms with van der Waals surface area (Å²) in [6.45, 7) is 5.37. The second-order valence-electron chi connectivity index (χ2n) is 5.90. The molecule has 130 valence electrons. The highest BCUT2D eigenvalue weighted by Gasteiger charge is 2.31. The molecule has 1 amide bonds. The van der Waals surface area contributed by atoms with Gasteiger partial charge in [-0.1, -0.05) is 0 Å². The SMILES string of the molecule is Cc1cc(C(=O)N2CCN(S(=O)(=O)c3cnn(C)c3)CC2)sc1C. The molecule has 0 aromatic carbocycles. The third-order valence-electron chi connectivity index (χ3n) is 4.22. The number of carbonyl (C=O) groups excluding carboxylic acids is 1. The van der Waals surface area contributed by atoms with E-state index in [4.69, 9.17) is 0 Å². The molecule has 0 N–H and O–H groups in total. The number of thiophene rings is 1. The summed E-state index contributed by atoms with van der Waals surface area (Å²) >= 11 is 1.49. The van der Waals surface area contributed by atoms with E-state index < -0.39 is 10.0 Å². The van der Waals surface area contributed by atoms with E-state index >= 15 is 0 Å². The Morgan fingerprint density at radius 3 is 2.38 bits per heavy atom. The van der Waals surface area contributed by atoms with Crippen molar-refractivity contribution in [2.75, 3.05) is 26.2 Å². The molecule has 1 saturated heterocycles. The van der Waals surface area contributed by atoms with Crippen molar-refractivity contribution < 1.29 is 13.2 Å². The first-order chi connectivity index (χ1) is 11.3. The van der Waals surface area contributed by atoms with Crippen LogP contribution in [0.5, 0.6) is 0 Å². The summed E-state index contributed by atoms with van der Waals surface area (Å²) in [5.74, 6) is -0.0189. The van der Waals surface area contributed by atoms with E-state index in [1.807, 2.05) is 19.9 Å². The van der Waals surface area contributed by atoms with Crippen molar-refractivity contribution in [2.24, 2.45) is 7.05 Å². The summed E-state index contributed by atoms with van der Waals surface area (Å²) in [6.07, 6.45) is 2.84. The van der Waals surface area contributed by atoms with Crippen LogP contribution in [-0.2, 0) is 17.1 Å². The monoisotopic (exact) mass is 368 g/mol. The molecule has 2 aromatic rings. The summed E-state index contributed by atoms with van der Waals surface area (Å²) in [4.78, 5) is 16.3. The van der Waals surface area contributed by atoms with Crippen LogP contribution in [0.15, 0.2) is 23.4 Å². The topological polar surface area (TPSA) is 75.5 Å². The normalized spacial score (nSPS) is 16.5. The molecule has 3 rings (SSSR count). The van der Waals surface area contributed by atoms with Crippen LogP contribution in [-0.4, -0.2) is 59.5 Å². The van der Waals surface area contributed by atoms with Crippen LogP contribution < -0.4 is 0 Å². The molecule has 7 nitrogen and oxygen atoms in total. The van der Waals surface area contributed by atoms with E-state index in [1.165, 1.54) is 32.7 Å². The molecule has 0 bridgehead atoms. The molecule has 0 atom stereocenters. The average molecular weight is 368 g/mol. The second kappa shape index (κ2) is 6.30. The Labute approximate surface area is 145 Å². The maximum atomic E-state index is 12.6. The smallest absolute Gasteiger partial charge is 0.264 e. The number of piperazine rings is 1. The Kier molecular flexibility index (Phi) is 4.50. The minimum absolute atomic E-state index is 0.0189. The van der Waals surface area contributed by atoms with Crippen LogP contribution in [0.4, 0.5) is 0 Å². The minimum Gasteiger partial charge on any atom is -0.335 e. The first kappa shape index (κ1) is 17.1. The number of hydrogen-bond acceptors (Lipinski definition) is 5. The summed E-state index contributed by atoms with van der Waals surface area (Å²) in [5.41, 5.74) is 1.11. The molecule has 1 fully saturated rings. The molecule has 2 aromatic heterocycles. The lowest BCUT2D eigenvalue weighted by Crippen LogP contribution is -2.50. The van der Waals surface area contributed by atoms with Gasteiger partial charge in [0.1, 0.15) is 4.90 Å². The lowest BCUT2D eigenvalue weighted by Gasteiger charge is -2.33. The van der Waals surface area contributed by atoms with Crippen molar-refractivity contribution >= 4 is 27.3 Å². The highest BCUT2D eigenvalue weighted by atomic mass is 32.2. The number of rotatable bonds is 3. The van der Waals surface area contributed by atoms with Gasteiger partial charge in [-0.3, -0.25) is 9.48 Å². The van der Waals surface area contributed by atoms with Crippen LogP contribution in [0.25, 0.3) is 0 Å². The van der Waals surface area contributed by atoms with Crippen molar-refractivity contribution in [1.82, 2.24) is 19.0 Å². The van der Waals surface area contributed by atoms with Crippen molar-refractivity contribution in [3.63, 3.8) is 0 Å². The second-order valence-corrected chi connectivity index (χ2v) is 9.09. The van der Waals surface area contributed by atoms with Gasteiger partial charge < -0.3 is 4.90 Å². The molecular weight excluding hydrogens is 348 g/mol. The van der Waals surface area contributed by atoms with Crippen molar-refractivity contribution in [1.29, 1.82) is 0 Å². The fourth-order valence-corrected chi connectivity index (χ4v) is 5.06. The molecule has 0 radical (unpaired) electrons. The fraction of sp³-hybridized carbons (Fsp3) is 0.467. The molecule has 0 unspecified atom stereocenters. The summed E-state index contributed by atoms with van der Waals surface area (Å²) in [5, 5.41) is 3.92. The first-order valence-electron chi connectivity index (χ1n) is 7.64. The Bertz CT molecular complexity index is 842. The number of carbonyl (C=O) groups is 1. The van der Waals surface area contributed by atoms with E-state index in [2.05, 4.69) is 5.10 Å². The number of aryl methyl sites for hydroxylation is 3. The molecule has 0 aliphatic carbocycles. The summed E-state index contributed by atoms with van der Waals surface area (Å²) < 4.78 is 28.0. The van der Waals surface area contributed by atoms with Gasteiger partial charge in [-0.2, -0.15) is 9.40 Å². The zero-order valence-corrected chi connectivity index (χ0v) is 15.5. The maximum Gasteiger partial charge on any atom is 0.264 e. The molecule has 24 heavy (non-hydrogen) atoms. The highest BCUT2D eigenvalue weighted by Crippen LogP contribution is 2.23. The number of amides is 1. The van der Waals surface area contributed by atoms with Gasteiger partial charge in [-0.05, 0) is 25.5 Å². The van der Waals surface area contributed by atoms with Crippen LogP contribution in [0.2, 0.25) is 0 Å². The Hall–Kier alpha value is -1.71. The number of nitrogens with zero attached hydrogens (tertiary/aromatic N) is 4. The Morgan fingerprint density at radius 2 is 1.88 bits per heavy atom. The molecule has 1 aliphatic rings. The van der Waals surface area contributed by atoms with Gasteiger partial charge in [0.05, 0.1) is 11.1 Å². The quantitative estimate of drug-likeness (QED) is 0.817. The van der Waals surface area contributed by atoms with E-state index in [1.54, 1.807) is 11.9 Å². The highest BCUT2D eigenvalue weighted by molar-refractivity contribution is 7.89. The lowest BCUT2D eigenvalue weighted by atomic mass is 10.2. The van der Waals surface area contributed by atoms with Gasteiger partial charge in [-0.15, -0.1) is 11.3 Å². The Balaban J connectivity index is 1.68. The summed E-state index contributed by atoms with van der Waals surface area (Å²) in [6, 6.07) is 1.90. The predicted molar refractivity (Wildman–Crippen MR) is 91.7 cm³/mol. The largest absolute Gasteiger partial charge is 0.335 e. The molecular formula is C15H20N4O3S2. The Morgan fingerprint density at radius 1 is 1.21 bits per heavy atom. The van der Waals surface area contributed by atoms with Gasteiger partial charge in [0.15, 0.2) is 0 Å². The van der Waals surface area contributed by atoms with Crippen molar-refractivity contribution in [2.45, 2.75) is 18.7 Å². The number of hydrogen-bond donors (Lipinski definition) is 0. The van der Waals surface area contributed by atoms with Crippen LogP contribution in [0.1, 0.15) is 20.1 Å². The lowest BCUT2D eigenvalue weighted by molar-refractivity contribution is 0.0702. The number of sulfonamides is 1. The molecule has 9 heteroatoms. The molecule has 0 spiro atoms. The zero-order valence-electron chi connectivity index (χ0n) is 13.9. The zero-order chi connectivity index (χ0) is 17.5. The van der Waals surface area contributed by atoms with E-state index in [0.717, 1.165) is 10.4 Å². The van der Waals surface area contributed by atoms with Crippen LogP contribution in [0.3, 0.4) is 0 Å². The third-order valence-corrected chi connectivity index (χ3v) is 7.21.